The monoisotopic (exact) mass is 598 g/mol. The Bertz CT molecular complexity index is 1290. The van der Waals surface area contributed by atoms with E-state index in [1.54, 1.807) is 30.5 Å². The number of carbonyl (C=O) groups is 1. The Hall–Kier alpha value is -3.69. The SMILES string of the molecule is CCCCCCCCCCCCCCCCOc1ccc(/C=C/C(=O)Oc2ccc(/C=N/c3sccc3C#N)cc2)cc1. The van der Waals surface area contributed by atoms with E-state index in [1.807, 2.05) is 41.8 Å². The molecule has 0 aliphatic heterocycles. The van der Waals surface area contributed by atoms with E-state index in [1.165, 1.54) is 101 Å². The average Bonchev–Trinajstić information content (AvgIpc) is 3.50. The summed E-state index contributed by atoms with van der Waals surface area (Å²) in [5, 5.41) is 11.6. The molecule has 0 spiro atoms. The molecule has 0 aliphatic carbocycles. The number of ether oxygens (including phenoxy) is 2. The Morgan fingerprint density at radius 1 is 0.767 bits per heavy atom. The first-order valence-electron chi connectivity index (χ1n) is 15.9. The minimum Gasteiger partial charge on any atom is -0.494 e. The fraction of sp³-hybridized carbons (Fsp3) is 0.432. The third kappa shape index (κ3) is 14.4. The van der Waals surface area contributed by atoms with Gasteiger partial charge in [0, 0.05) is 12.3 Å². The lowest BCUT2D eigenvalue weighted by atomic mass is 10.0. The highest BCUT2D eigenvalue weighted by Crippen LogP contribution is 2.25. The molecule has 0 radical (unpaired) electrons. The molecule has 3 rings (SSSR count). The van der Waals surface area contributed by atoms with Crippen molar-refractivity contribution in [3.05, 3.63) is 82.7 Å². The van der Waals surface area contributed by atoms with Crippen LogP contribution in [0.25, 0.3) is 6.08 Å². The minimum absolute atomic E-state index is 0.447. The Balaban J connectivity index is 1.23. The van der Waals surface area contributed by atoms with Gasteiger partial charge in [-0.1, -0.05) is 103 Å². The fourth-order valence-electron chi connectivity index (χ4n) is 4.72. The summed E-state index contributed by atoms with van der Waals surface area (Å²) in [5.41, 5.74) is 2.30. The number of nitrogens with zero attached hydrogens (tertiary/aromatic N) is 2. The molecule has 0 saturated carbocycles. The zero-order valence-corrected chi connectivity index (χ0v) is 26.5. The molecule has 43 heavy (non-hydrogen) atoms. The first-order valence-corrected chi connectivity index (χ1v) is 16.8. The molecule has 5 nitrogen and oxygen atoms in total. The van der Waals surface area contributed by atoms with E-state index in [4.69, 9.17) is 14.7 Å². The third-order valence-electron chi connectivity index (χ3n) is 7.25. The molecule has 6 heteroatoms. The number of esters is 1. The van der Waals surface area contributed by atoms with Crippen LogP contribution in [0.4, 0.5) is 5.00 Å². The van der Waals surface area contributed by atoms with Gasteiger partial charge in [0.25, 0.3) is 0 Å². The molecule has 0 bridgehead atoms. The quantitative estimate of drug-likeness (QED) is 0.0402. The third-order valence-corrected chi connectivity index (χ3v) is 8.07. The van der Waals surface area contributed by atoms with Gasteiger partial charge in [-0.3, -0.25) is 0 Å². The maximum absolute atomic E-state index is 12.3. The molecule has 1 aromatic heterocycles. The van der Waals surface area contributed by atoms with Crippen molar-refractivity contribution in [2.75, 3.05) is 6.61 Å². The van der Waals surface area contributed by atoms with Crippen molar-refractivity contribution in [1.29, 1.82) is 5.26 Å². The van der Waals surface area contributed by atoms with Gasteiger partial charge in [0.2, 0.25) is 0 Å². The second-order valence-electron chi connectivity index (χ2n) is 10.8. The van der Waals surface area contributed by atoms with Crippen LogP contribution in [0, 0.1) is 11.3 Å². The number of rotatable bonds is 21. The number of nitriles is 1. The van der Waals surface area contributed by atoms with Crippen LogP contribution in [0.2, 0.25) is 0 Å². The lowest BCUT2D eigenvalue weighted by molar-refractivity contribution is -0.128. The van der Waals surface area contributed by atoms with E-state index in [9.17, 15) is 4.79 Å². The Kier molecular flexibility index (Phi) is 16.6. The number of hydrogen-bond acceptors (Lipinski definition) is 6. The summed E-state index contributed by atoms with van der Waals surface area (Å²) >= 11 is 1.42. The molecule has 228 valence electrons. The number of hydrogen-bond donors (Lipinski definition) is 0. The number of unbranched alkanes of at least 4 members (excludes halogenated alkanes) is 13. The van der Waals surface area contributed by atoms with E-state index >= 15 is 0 Å². The topological polar surface area (TPSA) is 71.7 Å². The van der Waals surface area contributed by atoms with Gasteiger partial charge in [-0.25, -0.2) is 9.79 Å². The van der Waals surface area contributed by atoms with Crippen molar-refractivity contribution in [2.45, 2.75) is 96.8 Å². The van der Waals surface area contributed by atoms with E-state index in [0.717, 1.165) is 29.9 Å². The zero-order valence-electron chi connectivity index (χ0n) is 25.6. The fourth-order valence-corrected chi connectivity index (χ4v) is 5.40. The molecule has 2 aromatic carbocycles. The molecule has 0 atom stereocenters. The van der Waals surface area contributed by atoms with Crippen LogP contribution in [-0.2, 0) is 4.79 Å². The van der Waals surface area contributed by atoms with Crippen molar-refractivity contribution < 1.29 is 14.3 Å². The smallest absolute Gasteiger partial charge is 0.336 e. The van der Waals surface area contributed by atoms with Crippen molar-refractivity contribution >= 4 is 34.6 Å². The lowest BCUT2D eigenvalue weighted by Crippen LogP contribution is -2.03. The zero-order chi connectivity index (χ0) is 30.4. The van der Waals surface area contributed by atoms with Gasteiger partial charge >= 0.3 is 5.97 Å². The molecule has 0 N–H and O–H groups in total. The van der Waals surface area contributed by atoms with Gasteiger partial charge in [-0.05, 0) is 71.5 Å². The summed E-state index contributed by atoms with van der Waals surface area (Å²) in [6.07, 6.45) is 23.7. The number of benzene rings is 2. The average molecular weight is 599 g/mol. The van der Waals surface area contributed by atoms with Gasteiger partial charge < -0.3 is 9.47 Å². The second kappa shape index (κ2) is 21.1. The van der Waals surface area contributed by atoms with Crippen LogP contribution < -0.4 is 9.47 Å². The van der Waals surface area contributed by atoms with Crippen molar-refractivity contribution in [1.82, 2.24) is 0 Å². The van der Waals surface area contributed by atoms with E-state index in [2.05, 4.69) is 18.0 Å². The van der Waals surface area contributed by atoms with Gasteiger partial charge in [0.1, 0.15) is 22.6 Å². The highest BCUT2D eigenvalue weighted by atomic mass is 32.1. The number of aliphatic imine (C=N–C) groups is 1. The van der Waals surface area contributed by atoms with Gasteiger partial charge in [-0.15, -0.1) is 11.3 Å². The number of thiophene rings is 1. The molecular weight excluding hydrogens is 552 g/mol. The highest BCUT2D eigenvalue weighted by Gasteiger charge is 2.03. The van der Waals surface area contributed by atoms with Crippen LogP contribution >= 0.6 is 11.3 Å². The standard InChI is InChI=1S/C37H46N2O3S/c1-2-3-4-5-6-7-8-9-10-11-12-13-14-15-27-41-34-21-16-31(17-22-34)20-25-36(40)42-35-23-18-32(19-24-35)30-39-37-33(29-38)26-28-43-37/h16-26,28,30H,2-15,27H2,1H3/b25-20+,39-30+. The molecule has 0 amide bonds. The summed E-state index contributed by atoms with van der Waals surface area (Å²) in [4.78, 5) is 16.6. The molecule has 0 aliphatic rings. The summed E-state index contributed by atoms with van der Waals surface area (Å²) in [7, 11) is 0. The summed E-state index contributed by atoms with van der Waals surface area (Å²) in [5.74, 6) is 0.852. The Labute approximate surface area is 262 Å². The highest BCUT2D eigenvalue weighted by molar-refractivity contribution is 7.14. The normalized spacial score (nSPS) is 11.3. The predicted molar refractivity (Wildman–Crippen MR) is 180 cm³/mol. The number of carbonyl (C=O) groups excluding carboxylic acids is 1. The van der Waals surface area contributed by atoms with Gasteiger partial charge in [0.15, 0.2) is 0 Å². The van der Waals surface area contributed by atoms with Crippen molar-refractivity contribution in [3.63, 3.8) is 0 Å². The van der Waals surface area contributed by atoms with Crippen molar-refractivity contribution in [2.24, 2.45) is 4.99 Å². The predicted octanol–water partition coefficient (Wildman–Crippen LogP) is 10.8. The van der Waals surface area contributed by atoms with Crippen LogP contribution in [0.5, 0.6) is 11.5 Å². The Morgan fingerprint density at radius 3 is 1.93 bits per heavy atom. The van der Waals surface area contributed by atoms with E-state index in [-0.39, 0.29) is 0 Å². The maximum Gasteiger partial charge on any atom is 0.336 e. The minimum atomic E-state index is -0.447. The molecule has 0 saturated heterocycles. The molecule has 0 fully saturated rings. The van der Waals surface area contributed by atoms with Crippen molar-refractivity contribution in [3.8, 4) is 17.6 Å². The van der Waals surface area contributed by atoms with Crippen LogP contribution in [-0.4, -0.2) is 18.8 Å². The molecule has 1 heterocycles. The van der Waals surface area contributed by atoms with E-state index in [0.29, 0.717) is 16.3 Å². The van der Waals surface area contributed by atoms with Gasteiger partial charge in [0.05, 0.1) is 12.2 Å². The van der Waals surface area contributed by atoms with Crippen LogP contribution in [0.15, 0.2) is 71.0 Å². The first-order chi connectivity index (χ1) is 21.2. The van der Waals surface area contributed by atoms with Crippen LogP contribution in [0.3, 0.4) is 0 Å². The summed E-state index contributed by atoms with van der Waals surface area (Å²) in [6.45, 7) is 3.01. The summed E-state index contributed by atoms with van der Waals surface area (Å²) < 4.78 is 11.3. The molecule has 0 unspecified atom stereocenters. The largest absolute Gasteiger partial charge is 0.494 e. The maximum atomic E-state index is 12.3. The lowest BCUT2D eigenvalue weighted by Gasteiger charge is -2.07. The van der Waals surface area contributed by atoms with E-state index < -0.39 is 5.97 Å². The summed E-state index contributed by atoms with van der Waals surface area (Å²) in [6, 6.07) is 18.7. The molecule has 3 aromatic rings. The molecular formula is C37H46N2O3S. The van der Waals surface area contributed by atoms with Gasteiger partial charge in [-0.2, -0.15) is 5.26 Å². The first kappa shape index (κ1) is 33.8. The van der Waals surface area contributed by atoms with Crippen LogP contribution in [0.1, 0.15) is 114 Å². The Morgan fingerprint density at radius 2 is 1.33 bits per heavy atom. The second-order valence-corrected chi connectivity index (χ2v) is 11.7.